The number of carbonyl (C=O) groups is 1. The summed E-state index contributed by atoms with van der Waals surface area (Å²) in [6.45, 7) is 5.40. The van der Waals surface area contributed by atoms with E-state index in [4.69, 9.17) is 17.3 Å². The summed E-state index contributed by atoms with van der Waals surface area (Å²) in [5.74, 6) is -0.250. The van der Waals surface area contributed by atoms with E-state index in [0.717, 1.165) is 0 Å². The van der Waals surface area contributed by atoms with Crippen LogP contribution in [0.1, 0.15) is 17.3 Å². The van der Waals surface area contributed by atoms with Crippen LogP contribution in [0.4, 0.5) is 5.69 Å². The minimum Gasteiger partial charge on any atom is -0.398 e. The van der Waals surface area contributed by atoms with Gasteiger partial charge >= 0.3 is 0 Å². The van der Waals surface area contributed by atoms with Crippen LogP contribution in [0.25, 0.3) is 0 Å². The van der Waals surface area contributed by atoms with Crippen LogP contribution in [-0.4, -0.2) is 11.9 Å². The maximum Gasteiger partial charge on any atom is 0.253 e. The average Bonchev–Trinajstić information content (AvgIpc) is 2.21. The van der Waals surface area contributed by atoms with Crippen molar-refractivity contribution in [1.29, 1.82) is 0 Å². The summed E-state index contributed by atoms with van der Waals surface area (Å²) in [6, 6.07) is 4.86. The number of anilines is 1. The van der Waals surface area contributed by atoms with Crippen LogP contribution in [0.3, 0.4) is 0 Å². The van der Waals surface area contributed by atoms with E-state index < -0.39 is 0 Å². The van der Waals surface area contributed by atoms with E-state index in [-0.39, 0.29) is 17.0 Å². The molecule has 0 radical (unpaired) electrons. The minimum atomic E-state index is -0.250. The van der Waals surface area contributed by atoms with E-state index in [0.29, 0.717) is 11.3 Å². The normalized spacial score (nSPS) is 11.9. The fourth-order valence-electron chi connectivity index (χ4n) is 1.07. The third-order valence-electron chi connectivity index (χ3n) is 1.99. The number of rotatable bonds is 3. The Morgan fingerprint density at radius 3 is 2.93 bits per heavy atom. The van der Waals surface area contributed by atoms with Gasteiger partial charge in [0.25, 0.3) is 5.91 Å². The van der Waals surface area contributed by atoms with Crippen molar-refractivity contribution in [3.05, 3.63) is 41.4 Å². The topological polar surface area (TPSA) is 55.1 Å². The standard InChI is InChI=1S/C11H13ClN2O/c1-3-7(2)14-11(15)8-5-4-6-9(13)10(8)12/h3-7H,1,13H2,2H3,(H,14,15). The molecule has 0 saturated carbocycles. The molecule has 15 heavy (non-hydrogen) atoms. The largest absolute Gasteiger partial charge is 0.398 e. The lowest BCUT2D eigenvalue weighted by Crippen LogP contribution is -2.31. The van der Waals surface area contributed by atoms with E-state index in [9.17, 15) is 4.79 Å². The molecule has 0 aliphatic carbocycles. The molecule has 3 nitrogen and oxygen atoms in total. The maximum atomic E-state index is 11.7. The van der Waals surface area contributed by atoms with E-state index in [1.165, 1.54) is 0 Å². The highest BCUT2D eigenvalue weighted by atomic mass is 35.5. The molecule has 0 heterocycles. The first kappa shape index (κ1) is 11.6. The maximum absolute atomic E-state index is 11.7. The zero-order valence-electron chi connectivity index (χ0n) is 8.46. The van der Waals surface area contributed by atoms with Gasteiger partial charge in [-0.15, -0.1) is 6.58 Å². The van der Waals surface area contributed by atoms with Gasteiger partial charge in [-0.2, -0.15) is 0 Å². The van der Waals surface area contributed by atoms with Gasteiger partial charge < -0.3 is 11.1 Å². The molecule has 80 valence electrons. The first-order valence-electron chi connectivity index (χ1n) is 4.53. The van der Waals surface area contributed by atoms with Crippen molar-refractivity contribution in [2.45, 2.75) is 13.0 Å². The fourth-order valence-corrected chi connectivity index (χ4v) is 1.28. The lowest BCUT2D eigenvalue weighted by molar-refractivity contribution is 0.0947. The Labute approximate surface area is 93.9 Å². The Bertz CT molecular complexity index is 390. The number of nitrogens with one attached hydrogen (secondary N) is 1. The molecular formula is C11H13ClN2O. The summed E-state index contributed by atoms with van der Waals surface area (Å²) in [4.78, 5) is 11.7. The zero-order chi connectivity index (χ0) is 11.4. The van der Waals surface area contributed by atoms with Gasteiger partial charge in [0.15, 0.2) is 0 Å². The highest BCUT2D eigenvalue weighted by Gasteiger charge is 2.12. The summed E-state index contributed by atoms with van der Waals surface area (Å²) >= 11 is 5.90. The van der Waals surface area contributed by atoms with Crippen molar-refractivity contribution in [3.63, 3.8) is 0 Å². The second-order valence-corrected chi connectivity index (χ2v) is 3.58. The number of halogens is 1. The first-order valence-corrected chi connectivity index (χ1v) is 4.91. The number of benzene rings is 1. The predicted octanol–water partition coefficient (Wildman–Crippen LogP) is 2.23. The number of amides is 1. The molecule has 4 heteroatoms. The van der Waals surface area contributed by atoms with Crippen LogP contribution in [0.2, 0.25) is 5.02 Å². The number of hydrogen-bond donors (Lipinski definition) is 2. The Morgan fingerprint density at radius 1 is 1.67 bits per heavy atom. The van der Waals surface area contributed by atoms with E-state index in [1.807, 2.05) is 6.92 Å². The quantitative estimate of drug-likeness (QED) is 0.611. The van der Waals surface area contributed by atoms with Crippen LogP contribution < -0.4 is 11.1 Å². The lowest BCUT2D eigenvalue weighted by Gasteiger charge is -2.10. The number of carbonyl (C=O) groups excluding carboxylic acids is 1. The molecule has 1 rings (SSSR count). The van der Waals surface area contributed by atoms with Crippen molar-refractivity contribution in [2.75, 3.05) is 5.73 Å². The van der Waals surface area contributed by atoms with Crippen molar-refractivity contribution in [2.24, 2.45) is 0 Å². The van der Waals surface area contributed by atoms with Crippen LogP contribution in [0.15, 0.2) is 30.9 Å². The molecular weight excluding hydrogens is 212 g/mol. The fraction of sp³-hybridized carbons (Fsp3) is 0.182. The SMILES string of the molecule is C=CC(C)NC(=O)c1cccc(N)c1Cl. The van der Waals surface area contributed by atoms with Crippen LogP contribution in [0.5, 0.6) is 0 Å². The molecule has 0 spiro atoms. The molecule has 0 fully saturated rings. The van der Waals surface area contributed by atoms with Crippen molar-refractivity contribution in [1.82, 2.24) is 5.32 Å². The Kier molecular flexibility index (Phi) is 3.74. The average molecular weight is 225 g/mol. The van der Waals surface area contributed by atoms with Gasteiger partial charge in [-0.05, 0) is 19.1 Å². The Morgan fingerprint density at radius 2 is 2.33 bits per heavy atom. The summed E-state index contributed by atoms with van der Waals surface area (Å²) in [5.41, 5.74) is 6.37. The van der Waals surface area contributed by atoms with Gasteiger partial charge in [-0.1, -0.05) is 23.7 Å². The predicted molar refractivity (Wildman–Crippen MR) is 63.0 cm³/mol. The highest BCUT2D eigenvalue weighted by Crippen LogP contribution is 2.22. The molecule has 1 aromatic rings. The second-order valence-electron chi connectivity index (χ2n) is 3.21. The molecule has 0 saturated heterocycles. The third-order valence-corrected chi connectivity index (χ3v) is 2.41. The highest BCUT2D eigenvalue weighted by molar-refractivity contribution is 6.36. The van der Waals surface area contributed by atoms with Gasteiger partial charge in [0.05, 0.1) is 16.3 Å². The van der Waals surface area contributed by atoms with Gasteiger partial charge in [-0.3, -0.25) is 4.79 Å². The number of hydrogen-bond acceptors (Lipinski definition) is 2. The molecule has 3 N–H and O–H groups in total. The minimum absolute atomic E-state index is 0.102. The molecule has 1 aromatic carbocycles. The molecule has 0 aliphatic heterocycles. The van der Waals surface area contributed by atoms with Crippen LogP contribution in [-0.2, 0) is 0 Å². The third kappa shape index (κ3) is 2.73. The Hall–Kier alpha value is -1.48. The van der Waals surface area contributed by atoms with Gasteiger partial charge in [0.2, 0.25) is 0 Å². The Balaban J connectivity index is 2.91. The van der Waals surface area contributed by atoms with E-state index in [1.54, 1.807) is 24.3 Å². The molecule has 0 aliphatic rings. The van der Waals surface area contributed by atoms with Crippen molar-refractivity contribution < 1.29 is 4.79 Å². The molecule has 0 aromatic heterocycles. The van der Waals surface area contributed by atoms with E-state index >= 15 is 0 Å². The molecule has 1 amide bonds. The van der Waals surface area contributed by atoms with Gasteiger partial charge in [0.1, 0.15) is 0 Å². The van der Waals surface area contributed by atoms with Gasteiger partial charge in [-0.25, -0.2) is 0 Å². The molecule has 1 atom stereocenters. The van der Waals surface area contributed by atoms with Crippen molar-refractivity contribution in [3.8, 4) is 0 Å². The summed E-state index contributed by atoms with van der Waals surface area (Å²) in [6.07, 6.45) is 1.64. The monoisotopic (exact) mass is 224 g/mol. The first-order chi connectivity index (χ1) is 7.06. The lowest BCUT2D eigenvalue weighted by atomic mass is 10.1. The second kappa shape index (κ2) is 4.84. The van der Waals surface area contributed by atoms with Gasteiger partial charge in [0, 0.05) is 6.04 Å². The number of nitrogen functional groups attached to an aromatic ring is 1. The number of nitrogens with two attached hydrogens (primary N) is 1. The molecule has 1 unspecified atom stereocenters. The van der Waals surface area contributed by atoms with Crippen LogP contribution >= 0.6 is 11.6 Å². The smallest absolute Gasteiger partial charge is 0.253 e. The van der Waals surface area contributed by atoms with Crippen molar-refractivity contribution >= 4 is 23.2 Å². The summed E-state index contributed by atoms with van der Waals surface area (Å²) < 4.78 is 0. The molecule has 0 bridgehead atoms. The van der Waals surface area contributed by atoms with E-state index in [2.05, 4.69) is 11.9 Å². The zero-order valence-corrected chi connectivity index (χ0v) is 9.21. The summed E-state index contributed by atoms with van der Waals surface area (Å²) in [7, 11) is 0. The van der Waals surface area contributed by atoms with Crippen LogP contribution in [0, 0.1) is 0 Å². The summed E-state index contributed by atoms with van der Waals surface area (Å²) in [5, 5.41) is 3.00.